The maximum atomic E-state index is 15.1. The van der Waals surface area contributed by atoms with E-state index in [9.17, 15) is 119 Å². The maximum absolute atomic E-state index is 15.1. The Kier molecular flexibility index (Phi) is 29.1. The second-order valence-corrected chi connectivity index (χ2v) is 20.0. The van der Waals surface area contributed by atoms with Crippen molar-refractivity contribution < 1.29 is 179 Å². The molecule has 0 aliphatic carbocycles. The van der Waals surface area contributed by atoms with Gasteiger partial charge in [-0.15, -0.1) is 0 Å². The summed E-state index contributed by atoms with van der Waals surface area (Å²) in [6, 6.07) is 5.37. The first kappa shape index (κ1) is 82.0. The van der Waals surface area contributed by atoms with Crippen LogP contribution in [-0.2, 0) is 107 Å². The molecule has 1 aliphatic rings. The monoisotopic (exact) mass is 1400 g/mol. The van der Waals surface area contributed by atoms with Crippen LogP contribution in [0.25, 0.3) is 0 Å². The Morgan fingerprint density at radius 1 is 0.489 bits per heavy atom. The molecule has 0 spiro atoms. The average Bonchev–Trinajstić information content (AvgIpc) is 0.697. The Morgan fingerprint density at radius 2 is 0.979 bits per heavy atom. The fourth-order valence-electron chi connectivity index (χ4n) is 8.16. The predicted octanol–water partition coefficient (Wildman–Crippen LogP) is 5.91. The number of ether oxygens (including phenoxy) is 11. The van der Waals surface area contributed by atoms with Crippen molar-refractivity contribution in [1.29, 1.82) is 0 Å². The summed E-state index contributed by atoms with van der Waals surface area (Å²) in [5, 5.41) is 5.34. The van der Waals surface area contributed by atoms with Crippen LogP contribution in [-0.4, -0.2) is 201 Å². The number of alkyl carbamates (subject to hydrolysis) is 1. The van der Waals surface area contributed by atoms with Crippen molar-refractivity contribution in [2.24, 2.45) is 0 Å². The molecule has 10 atom stereocenters. The lowest BCUT2D eigenvalue weighted by Gasteiger charge is -2.46. The number of unbranched alkanes of at least 4 members (excludes halogenated alkanes) is 1. The van der Waals surface area contributed by atoms with Gasteiger partial charge in [0.15, 0.2) is 36.8 Å². The molecule has 0 aromatic heterocycles. The Hall–Kier alpha value is -8.08. The second-order valence-electron chi connectivity index (χ2n) is 20.0. The van der Waals surface area contributed by atoms with E-state index in [0.29, 0.717) is 26.3 Å². The van der Waals surface area contributed by atoms with Crippen molar-refractivity contribution in [3.8, 4) is 0 Å². The third-order valence-electron chi connectivity index (χ3n) is 12.4. The van der Waals surface area contributed by atoms with E-state index in [1.807, 2.05) is 5.32 Å². The fraction of sp³-hybridized carbons (Fsp3) is 0.673. The summed E-state index contributed by atoms with van der Waals surface area (Å²) < 4.78 is 298. The first-order valence-corrected chi connectivity index (χ1v) is 26.8. The number of halogens is 17. The van der Waals surface area contributed by atoms with Crippen molar-refractivity contribution in [1.82, 2.24) is 16.0 Å². The van der Waals surface area contributed by atoms with Crippen LogP contribution in [0.3, 0.4) is 0 Å². The van der Waals surface area contributed by atoms with Crippen LogP contribution in [0.5, 0.6) is 0 Å². The van der Waals surface area contributed by atoms with E-state index in [1.165, 1.54) is 5.32 Å². The molecule has 1 saturated heterocycles. The Morgan fingerprint density at radius 3 is 1.47 bits per heavy atom. The summed E-state index contributed by atoms with van der Waals surface area (Å²) in [4.78, 5) is 142. The first-order chi connectivity index (χ1) is 42.9. The number of hydrogen-bond acceptors (Lipinski definition) is 22. The smallest absolute Gasteiger partial charge is 0.460 e. The maximum Gasteiger partial charge on any atom is 0.460 e. The highest BCUT2D eigenvalue weighted by Crippen LogP contribution is 2.64. The first-order valence-electron chi connectivity index (χ1n) is 26.8. The number of rotatable bonds is 34. The molecule has 0 saturated carbocycles. The zero-order chi connectivity index (χ0) is 72.5. The molecule has 1 fully saturated rings. The van der Waals surface area contributed by atoms with Crippen LogP contribution in [0, 0.1) is 0 Å². The topological polar surface area (TPSA) is 325 Å². The lowest BCUT2D eigenvalue weighted by Crippen LogP contribution is -2.74. The molecular formula is C52H60F17N3O22. The van der Waals surface area contributed by atoms with Gasteiger partial charge in [0, 0.05) is 74.9 Å². The third kappa shape index (κ3) is 21.2. The molecule has 1 heterocycles. The number of hydrogen-bond donors (Lipinski definition) is 3. The van der Waals surface area contributed by atoms with Crippen molar-refractivity contribution in [2.75, 3.05) is 26.3 Å². The number of benzene rings is 1. The highest BCUT2D eigenvalue weighted by Gasteiger charge is 2.95. The molecule has 1 aliphatic heterocycles. The Bertz CT molecular complexity index is 2840. The van der Waals surface area contributed by atoms with Gasteiger partial charge in [0.05, 0.1) is 0 Å². The van der Waals surface area contributed by atoms with Crippen molar-refractivity contribution >= 4 is 65.7 Å². The van der Waals surface area contributed by atoms with Crippen LogP contribution in [0.15, 0.2) is 30.3 Å². The molecule has 0 radical (unpaired) electrons. The highest BCUT2D eigenvalue weighted by atomic mass is 19.4. The molecule has 94 heavy (non-hydrogen) atoms. The lowest BCUT2D eigenvalue weighted by atomic mass is 9.88. The van der Waals surface area contributed by atoms with E-state index < -0.39 is 220 Å². The fourth-order valence-corrected chi connectivity index (χ4v) is 8.16. The molecule has 3 amide bonds. The number of amides is 3. The molecule has 534 valence electrons. The van der Waals surface area contributed by atoms with E-state index in [1.54, 1.807) is 30.3 Å². The number of esters is 8. The number of carbonyl (C=O) groups excluding carboxylic acids is 11. The molecule has 7 unspecified atom stereocenters. The summed E-state index contributed by atoms with van der Waals surface area (Å²) in [7, 11) is 0. The zero-order valence-electron chi connectivity index (χ0n) is 49.9. The van der Waals surface area contributed by atoms with Gasteiger partial charge in [-0.2, -0.15) is 74.6 Å². The minimum Gasteiger partial charge on any atom is -0.463 e. The summed E-state index contributed by atoms with van der Waals surface area (Å²) in [6.07, 6.45) is -35.8. The minimum atomic E-state index is -8.95. The van der Waals surface area contributed by atoms with Gasteiger partial charge in [-0.3, -0.25) is 47.9 Å². The van der Waals surface area contributed by atoms with Gasteiger partial charge in [0.2, 0.25) is 12.0 Å². The summed E-state index contributed by atoms with van der Waals surface area (Å²) in [6.45, 7) is 0.325. The Labute approximate surface area is 519 Å². The molecule has 3 N–H and O–H groups in total. The van der Waals surface area contributed by atoms with Gasteiger partial charge in [-0.25, -0.2) is 4.79 Å². The average molecular weight is 1400 g/mol. The van der Waals surface area contributed by atoms with Gasteiger partial charge in [0.1, 0.15) is 38.1 Å². The van der Waals surface area contributed by atoms with E-state index in [2.05, 4.69) is 5.32 Å². The van der Waals surface area contributed by atoms with Crippen molar-refractivity contribution in [2.45, 2.75) is 196 Å². The molecule has 0 bridgehead atoms. The number of nitrogens with one attached hydrogen (secondary N) is 3. The summed E-state index contributed by atoms with van der Waals surface area (Å²) in [5.41, 5.74) is 0.488. The standard InChI is InChI=1S/C52H60F17N3O22/c1-23(73)84-21-33(87-25(3)75)36(94-43-40(92-30(8)80)38(90-28(6)78)35(88-26(4)76)34(93-43)22-85-24(2)74)37(89-27(5)77)39(91-29(7)79)42(82)72-32(16-12-13-18-71-44(83)86-20-31-14-10-9-11-15-31)41(81)70-19-17-45(53,54)46(55,56)47(57,58)48(59,60)49(61,62)50(63,64)51(65,66)52(67,68)69/h9-11,14-15,32-40,43H,12-13,16-22H2,1-8H3,(H,70,81)(H,71,83)(H,72,82)/t32?,33?,34?,35-,36+,37?,38?,39?,40?,43-/m0/s1. The van der Waals surface area contributed by atoms with E-state index in [4.69, 9.17) is 52.1 Å². The molecule has 2 rings (SSSR count). The number of carbonyl (C=O) groups is 11. The highest BCUT2D eigenvalue weighted by molar-refractivity contribution is 5.91. The minimum absolute atomic E-state index is 0.299. The predicted molar refractivity (Wildman–Crippen MR) is 269 cm³/mol. The van der Waals surface area contributed by atoms with E-state index in [0.717, 1.165) is 34.6 Å². The van der Waals surface area contributed by atoms with Crippen LogP contribution >= 0.6 is 0 Å². The SMILES string of the molecule is CC(=O)OCC(OC(C)=O)[C@@H](O[C@@H]1OC(COC(C)=O)[C@H](OC(C)=O)C(OC(C)=O)C1OC(C)=O)C(OC(C)=O)C(OC(C)=O)C(=O)NC(CCCCNC(=O)OCc1ccccc1)C(=O)NCCC(F)(F)C(F)(F)C(F)(F)C(F)(F)C(F)(F)C(F)(F)C(F)(F)C(F)(F)F. The van der Waals surface area contributed by atoms with Crippen molar-refractivity contribution in [3.63, 3.8) is 0 Å². The largest absolute Gasteiger partial charge is 0.463 e. The van der Waals surface area contributed by atoms with Crippen LogP contribution in [0.1, 0.15) is 86.6 Å². The van der Waals surface area contributed by atoms with Gasteiger partial charge >= 0.3 is 101 Å². The summed E-state index contributed by atoms with van der Waals surface area (Å²) >= 11 is 0. The molecular weight excluding hydrogens is 1340 g/mol. The van der Waals surface area contributed by atoms with Gasteiger partial charge < -0.3 is 68.1 Å². The zero-order valence-corrected chi connectivity index (χ0v) is 49.9. The molecule has 1 aromatic carbocycles. The molecule has 42 heteroatoms. The van der Waals surface area contributed by atoms with Crippen molar-refractivity contribution in [3.05, 3.63) is 35.9 Å². The van der Waals surface area contributed by atoms with E-state index in [-0.39, 0.29) is 13.0 Å². The quantitative estimate of drug-likeness (QED) is 0.0312. The van der Waals surface area contributed by atoms with Crippen LogP contribution < -0.4 is 16.0 Å². The second kappa shape index (κ2) is 33.3. The normalized spacial score (nSPS) is 19.0. The Balaban J connectivity index is 2.91. The van der Waals surface area contributed by atoms with Gasteiger partial charge in [-0.05, 0) is 24.8 Å². The van der Waals surface area contributed by atoms with Crippen LogP contribution in [0.4, 0.5) is 79.4 Å². The molecule has 25 nitrogen and oxygen atoms in total. The summed E-state index contributed by atoms with van der Waals surface area (Å²) in [5.74, 6) is -73.6. The lowest BCUT2D eigenvalue weighted by molar-refractivity contribution is -0.461. The van der Waals surface area contributed by atoms with Gasteiger partial charge in [0.25, 0.3) is 5.91 Å². The van der Waals surface area contributed by atoms with Crippen LogP contribution in [0.2, 0.25) is 0 Å². The van der Waals surface area contributed by atoms with Gasteiger partial charge in [-0.1, -0.05) is 30.3 Å². The van der Waals surface area contributed by atoms with E-state index >= 15 is 8.78 Å². The molecule has 1 aromatic rings. The third-order valence-corrected chi connectivity index (χ3v) is 12.4. The number of alkyl halides is 17.